The van der Waals surface area contributed by atoms with Gasteiger partial charge in [-0.3, -0.25) is 9.59 Å². The molecule has 2 unspecified atom stereocenters. The Morgan fingerprint density at radius 3 is 2.65 bits per heavy atom. The number of aromatic nitrogens is 3. The van der Waals surface area contributed by atoms with E-state index in [0.717, 1.165) is 5.69 Å². The number of hydrogen-bond acceptors (Lipinski definition) is 4. The lowest BCUT2D eigenvalue weighted by molar-refractivity contribution is -0.143. The summed E-state index contributed by atoms with van der Waals surface area (Å²) in [5.74, 6) is -1.50. The van der Waals surface area contributed by atoms with Gasteiger partial charge in [-0.25, -0.2) is 4.68 Å². The van der Waals surface area contributed by atoms with Crippen LogP contribution in [0.2, 0.25) is 0 Å². The van der Waals surface area contributed by atoms with Gasteiger partial charge in [-0.1, -0.05) is 30.3 Å². The number of para-hydroxylation sites is 1. The van der Waals surface area contributed by atoms with E-state index in [0.29, 0.717) is 13.0 Å². The lowest BCUT2D eigenvalue weighted by Gasteiger charge is -2.34. The molecule has 3 rings (SSSR count). The molecule has 2 aromatic rings. The zero-order chi connectivity index (χ0) is 16.4. The van der Waals surface area contributed by atoms with E-state index in [-0.39, 0.29) is 24.1 Å². The molecular formula is C16H18N4O3. The van der Waals surface area contributed by atoms with Crippen LogP contribution >= 0.6 is 0 Å². The first kappa shape index (κ1) is 15.2. The maximum absolute atomic E-state index is 12.6. The van der Waals surface area contributed by atoms with Gasteiger partial charge in [0.1, 0.15) is 0 Å². The quantitative estimate of drug-likeness (QED) is 0.926. The van der Waals surface area contributed by atoms with E-state index in [4.69, 9.17) is 0 Å². The highest BCUT2D eigenvalue weighted by atomic mass is 16.4. The fourth-order valence-corrected chi connectivity index (χ4v) is 2.93. The van der Waals surface area contributed by atoms with Crippen LogP contribution in [-0.4, -0.2) is 50.0 Å². The third-order valence-corrected chi connectivity index (χ3v) is 4.03. The summed E-state index contributed by atoms with van der Waals surface area (Å²) in [4.78, 5) is 25.4. The zero-order valence-corrected chi connectivity index (χ0v) is 12.8. The summed E-state index contributed by atoms with van der Waals surface area (Å²) in [6, 6.07) is 9.39. The van der Waals surface area contributed by atoms with Crippen molar-refractivity contribution in [1.82, 2.24) is 19.9 Å². The highest BCUT2D eigenvalue weighted by Gasteiger charge is 2.33. The van der Waals surface area contributed by atoms with Gasteiger partial charge in [0.25, 0.3) is 5.91 Å². The summed E-state index contributed by atoms with van der Waals surface area (Å²) in [5, 5.41) is 17.1. The van der Waals surface area contributed by atoms with E-state index in [1.165, 1.54) is 4.68 Å². The largest absolute Gasteiger partial charge is 0.481 e. The fraction of sp³-hybridized carbons (Fsp3) is 0.375. The minimum absolute atomic E-state index is 0.151. The Balaban J connectivity index is 1.78. The number of amides is 1. The number of nitrogens with zero attached hydrogens (tertiary/aromatic N) is 4. The maximum atomic E-state index is 12.6. The second-order valence-corrected chi connectivity index (χ2v) is 5.97. The summed E-state index contributed by atoms with van der Waals surface area (Å²) in [6.07, 6.45) is 2.17. The Kier molecular flexibility index (Phi) is 4.10. The van der Waals surface area contributed by atoms with Crippen LogP contribution < -0.4 is 0 Å². The number of likely N-dealkylation sites (tertiary alicyclic amines) is 1. The molecule has 0 radical (unpaired) electrons. The van der Waals surface area contributed by atoms with Crippen molar-refractivity contribution in [3.8, 4) is 5.69 Å². The first-order valence-electron chi connectivity index (χ1n) is 7.54. The standard InChI is InChI=1S/C16H18N4O3/c1-11-7-12(16(22)23)9-19(8-11)15(21)14-10-20(18-17-14)13-5-3-2-4-6-13/h2-6,10-12H,7-9H2,1H3,(H,22,23). The van der Waals surface area contributed by atoms with Gasteiger partial charge in [-0.15, -0.1) is 5.10 Å². The highest BCUT2D eigenvalue weighted by molar-refractivity contribution is 5.92. The molecular weight excluding hydrogens is 296 g/mol. The molecule has 0 saturated carbocycles. The van der Waals surface area contributed by atoms with E-state index < -0.39 is 11.9 Å². The maximum Gasteiger partial charge on any atom is 0.308 e. The number of carbonyl (C=O) groups excluding carboxylic acids is 1. The van der Waals surface area contributed by atoms with Gasteiger partial charge in [-0.2, -0.15) is 0 Å². The van der Waals surface area contributed by atoms with Crippen LogP contribution in [0.25, 0.3) is 5.69 Å². The molecule has 1 saturated heterocycles. The number of carboxylic acid groups (broad SMARTS) is 1. The minimum atomic E-state index is -0.859. The van der Waals surface area contributed by atoms with Crippen molar-refractivity contribution in [2.45, 2.75) is 13.3 Å². The lowest BCUT2D eigenvalue weighted by atomic mass is 9.90. The first-order valence-corrected chi connectivity index (χ1v) is 7.54. The Labute approximate surface area is 133 Å². The van der Waals surface area contributed by atoms with E-state index in [2.05, 4.69) is 10.3 Å². The lowest BCUT2D eigenvalue weighted by Crippen LogP contribution is -2.45. The molecule has 1 aromatic carbocycles. The van der Waals surface area contributed by atoms with Crippen LogP contribution in [0.3, 0.4) is 0 Å². The Bertz CT molecular complexity index is 713. The summed E-state index contributed by atoms with van der Waals surface area (Å²) < 4.78 is 1.54. The Hall–Kier alpha value is -2.70. The van der Waals surface area contributed by atoms with Gasteiger partial charge in [-0.05, 0) is 24.5 Å². The molecule has 23 heavy (non-hydrogen) atoms. The van der Waals surface area contributed by atoms with Crippen molar-refractivity contribution in [1.29, 1.82) is 0 Å². The highest BCUT2D eigenvalue weighted by Crippen LogP contribution is 2.23. The van der Waals surface area contributed by atoms with E-state index in [1.807, 2.05) is 37.3 Å². The van der Waals surface area contributed by atoms with Crippen molar-refractivity contribution < 1.29 is 14.7 Å². The number of carboxylic acids is 1. The molecule has 2 heterocycles. The number of aliphatic carboxylic acids is 1. The average molecular weight is 314 g/mol. The molecule has 1 N–H and O–H groups in total. The van der Waals surface area contributed by atoms with Crippen LogP contribution in [0.1, 0.15) is 23.8 Å². The molecule has 0 spiro atoms. The number of piperidine rings is 1. The Morgan fingerprint density at radius 2 is 1.96 bits per heavy atom. The van der Waals surface area contributed by atoms with Crippen molar-refractivity contribution in [3.05, 3.63) is 42.2 Å². The number of rotatable bonds is 3. The fourth-order valence-electron chi connectivity index (χ4n) is 2.93. The van der Waals surface area contributed by atoms with Gasteiger partial charge in [0.2, 0.25) is 0 Å². The van der Waals surface area contributed by atoms with E-state index in [9.17, 15) is 14.7 Å². The zero-order valence-electron chi connectivity index (χ0n) is 12.8. The summed E-state index contributed by atoms with van der Waals surface area (Å²) in [5.41, 5.74) is 1.04. The van der Waals surface area contributed by atoms with Gasteiger partial charge < -0.3 is 10.0 Å². The molecule has 1 aliphatic rings. The molecule has 1 amide bonds. The normalized spacial score (nSPS) is 21.2. The van der Waals surface area contributed by atoms with Crippen LogP contribution in [0.15, 0.2) is 36.5 Å². The van der Waals surface area contributed by atoms with Crippen LogP contribution in [0, 0.1) is 11.8 Å². The number of carbonyl (C=O) groups is 2. The molecule has 7 heteroatoms. The molecule has 1 fully saturated rings. The van der Waals surface area contributed by atoms with E-state index in [1.54, 1.807) is 11.1 Å². The van der Waals surface area contributed by atoms with E-state index >= 15 is 0 Å². The topological polar surface area (TPSA) is 88.3 Å². The predicted molar refractivity (Wildman–Crippen MR) is 82.2 cm³/mol. The molecule has 2 atom stereocenters. The van der Waals surface area contributed by atoms with Gasteiger partial charge >= 0.3 is 5.97 Å². The molecule has 1 aromatic heterocycles. The molecule has 7 nitrogen and oxygen atoms in total. The van der Waals surface area contributed by atoms with Crippen LogP contribution in [0.4, 0.5) is 0 Å². The number of benzene rings is 1. The average Bonchev–Trinajstić information content (AvgIpc) is 3.04. The van der Waals surface area contributed by atoms with Gasteiger partial charge in [0, 0.05) is 13.1 Å². The second-order valence-electron chi connectivity index (χ2n) is 5.97. The van der Waals surface area contributed by atoms with Crippen LogP contribution in [0.5, 0.6) is 0 Å². The summed E-state index contributed by atoms with van der Waals surface area (Å²) in [7, 11) is 0. The predicted octanol–water partition coefficient (Wildman–Crippen LogP) is 1.45. The van der Waals surface area contributed by atoms with Crippen molar-refractivity contribution in [3.63, 3.8) is 0 Å². The van der Waals surface area contributed by atoms with Crippen molar-refractivity contribution >= 4 is 11.9 Å². The Morgan fingerprint density at radius 1 is 1.22 bits per heavy atom. The first-order chi connectivity index (χ1) is 11.0. The molecule has 120 valence electrons. The third-order valence-electron chi connectivity index (χ3n) is 4.03. The van der Waals surface area contributed by atoms with Crippen molar-refractivity contribution in [2.75, 3.05) is 13.1 Å². The summed E-state index contributed by atoms with van der Waals surface area (Å²) >= 11 is 0. The monoisotopic (exact) mass is 314 g/mol. The molecule has 0 aliphatic carbocycles. The third kappa shape index (κ3) is 3.23. The number of hydrogen-bond donors (Lipinski definition) is 1. The van der Waals surface area contributed by atoms with Crippen LogP contribution in [-0.2, 0) is 4.79 Å². The molecule has 1 aliphatic heterocycles. The second kappa shape index (κ2) is 6.20. The summed E-state index contributed by atoms with van der Waals surface area (Å²) in [6.45, 7) is 2.72. The van der Waals surface area contributed by atoms with Crippen molar-refractivity contribution in [2.24, 2.45) is 11.8 Å². The van der Waals surface area contributed by atoms with Gasteiger partial charge in [0.05, 0.1) is 17.8 Å². The smallest absolute Gasteiger partial charge is 0.308 e. The minimum Gasteiger partial charge on any atom is -0.481 e. The van der Waals surface area contributed by atoms with Gasteiger partial charge in [0.15, 0.2) is 5.69 Å². The SMILES string of the molecule is CC1CC(C(=O)O)CN(C(=O)c2cn(-c3ccccc3)nn2)C1. The molecule has 0 bridgehead atoms.